The highest BCUT2D eigenvalue weighted by molar-refractivity contribution is 5.94. The first-order valence-electron chi connectivity index (χ1n) is 8.57. The Bertz CT molecular complexity index is 1130. The average molecular weight is 346 g/mol. The summed E-state index contributed by atoms with van der Waals surface area (Å²) in [6, 6.07) is 6.13. The summed E-state index contributed by atoms with van der Waals surface area (Å²) in [5.41, 5.74) is 4.50. The lowest BCUT2D eigenvalue weighted by Crippen LogP contribution is -2.29. The number of fused-ring (bicyclic) bond motifs is 2. The van der Waals surface area contributed by atoms with Crippen LogP contribution in [0, 0.1) is 0 Å². The van der Waals surface area contributed by atoms with Crippen molar-refractivity contribution in [3.05, 3.63) is 54.8 Å². The highest BCUT2D eigenvalue weighted by atomic mass is 16.5. The van der Waals surface area contributed by atoms with Crippen LogP contribution in [0.25, 0.3) is 22.1 Å². The van der Waals surface area contributed by atoms with Crippen LogP contribution in [0.4, 0.5) is 5.82 Å². The number of benzene rings is 1. The van der Waals surface area contributed by atoms with Crippen molar-refractivity contribution in [2.75, 3.05) is 25.1 Å². The van der Waals surface area contributed by atoms with Crippen LogP contribution in [-0.4, -0.2) is 44.8 Å². The molecule has 0 radical (unpaired) electrons. The van der Waals surface area contributed by atoms with Crippen LogP contribution in [0.15, 0.2) is 49.2 Å². The topological polar surface area (TPSA) is 71.3 Å². The number of ether oxygens (including phenoxy) is 1. The van der Waals surface area contributed by atoms with Crippen molar-refractivity contribution in [1.29, 1.82) is 0 Å². The zero-order valence-corrected chi connectivity index (χ0v) is 14.4. The van der Waals surface area contributed by atoms with Gasteiger partial charge in [0.05, 0.1) is 7.11 Å². The third-order valence-corrected chi connectivity index (χ3v) is 4.94. The van der Waals surface area contributed by atoms with Crippen LogP contribution in [0.3, 0.4) is 0 Å². The van der Waals surface area contributed by atoms with Crippen LogP contribution in [-0.2, 0) is 0 Å². The summed E-state index contributed by atoms with van der Waals surface area (Å²) in [5, 5.41) is 9.37. The molecule has 7 heteroatoms. The minimum Gasteiger partial charge on any atom is -0.497 e. The van der Waals surface area contributed by atoms with Crippen molar-refractivity contribution >= 4 is 27.9 Å². The molecule has 1 aromatic carbocycles. The number of H-pyrrole nitrogens is 1. The fourth-order valence-corrected chi connectivity index (χ4v) is 3.57. The molecule has 0 amide bonds. The SMILES string of the molecule is COc1ccc2[nH]cc(C3=CCN(c4nccn5cnnc45)CC3)c2c1. The monoisotopic (exact) mass is 346 g/mol. The Morgan fingerprint density at radius 3 is 3.08 bits per heavy atom. The van der Waals surface area contributed by atoms with Crippen LogP contribution < -0.4 is 9.64 Å². The number of nitrogens with one attached hydrogen (secondary N) is 1. The molecule has 7 nitrogen and oxygen atoms in total. The second-order valence-corrected chi connectivity index (χ2v) is 6.35. The molecule has 0 bridgehead atoms. The molecule has 0 unspecified atom stereocenters. The summed E-state index contributed by atoms with van der Waals surface area (Å²) >= 11 is 0. The normalized spacial score (nSPS) is 14.8. The van der Waals surface area contributed by atoms with E-state index in [2.05, 4.69) is 49.5 Å². The molecule has 1 aliphatic rings. The van der Waals surface area contributed by atoms with Crippen molar-refractivity contribution in [2.45, 2.75) is 6.42 Å². The maximum absolute atomic E-state index is 5.38. The number of methoxy groups -OCH3 is 1. The number of hydrogen-bond donors (Lipinski definition) is 1. The Labute approximate surface area is 149 Å². The summed E-state index contributed by atoms with van der Waals surface area (Å²) in [6.45, 7) is 1.69. The van der Waals surface area contributed by atoms with Gasteiger partial charge in [0.2, 0.25) is 5.65 Å². The van der Waals surface area contributed by atoms with Gasteiger partial charge in [-0.2, -0.15) is 0 Å². The van der Waals surface area contributed by atoms with Crippen molar-refractivity contribution in [2.24, 2.45) is 0 Å². The van der Waals surface area contributed by atoms with E-state index >= 15 is 0 Å². The van der Waals surface area contributed by atoms with Gasteiger partial charge in [-0.05, 0) is 30.2 Å². The van der Waals surface area contributed by atoms with Crippen LogP contribution in [0.1, 0.15) is 12.0 Å². The van der Waals surface area contributed by atoms with Gasteiger partial charge in [0.15, 0.2) is 5.82 Å². The molecule has 26 heavy (non-hydrogen) atoms. The lowest BCUT2D eigenvalue weighted by Gasteiger charge is -2.27. The maximum atomic E-state index is 5.38. The largest absolute Gasteiger partial charge is 0.497 e. The molecule has 1 N–H and O–H groups in total. The second kappa shape index (κ2) is 5.87. The molecule has 1 aliphatic heterocycles. The zero-order valence-electron chi connectivity index (χ0n) is 14.4. The summed E-state index contributed by atoms with van der Waals surface area (Å²) < 4.78 is 7.27. The van der Waals surface area contributed by atoms with Gasteiger partial charge >= 0.3 is 0 Å². The number of aromatic amines is 1. The molecular weight excluding hydrogens is 328 g/mol. The van der Waals surface area contributed by atoms with Crippen LogP contribution in [0.2, 0.25) is 0 Å². The maximum Gasteiger partial charge on any atom is 0.203 e. The highest BCUT2D eigenvalue weighted by Gasteiger charge is 2.19. The fraction of sp³-hybridized carbons (Fsp3) is 0.211. The quantitative estimate of drug-likeness (QED) is 0.618. The predicted octanol–water partition coefficient (Wildman–Crippen LogP) is 2.91. The van der Waals surface area contributed by atoms with E-state index in [-0.39, 0.29) is 0 Å². The van der Waals surface area contributed by atoms with E-state index in [0.717, 1.165) is 42.2 Å². The van der Waals surface area contributed by atoms with Gasteiger partial charge in [-0.1, -0.05) is 6.08 Å². The fourth-order valence-electron chi connectivity index (χ4n) is 3.57. The number of rotatable bonds is 3. The Hall–Kier alpha value is -3.35. The second-order valence-electron chi connectivity index (χ2n) is 6.35. The van der Waals surface area contributed by atoms with E-state index in [1.165, 1.54) is 16.5 Å². The smallest absolute Gasteiger partial charge is 0.203 e. The lowest BCUT2D eigenvalue weighted by molar-refractivity contribution is 0.415. The lowest BCUT2D eigenvalue weighted by atomic mass is 9.99. The Morgan fingerprint density at radius 1 is 1.27 bits per heavy atom. The molecule has 0 spiro atoms. The third-order valence-electron chi connectivity index (χ3n) is 4.94. The van der Waals surface area contributed by atoms with Gasteiger partial charge in [-0.15, -0.1) is 10.2 Å². The first-order chi connectivity index (χ1) is 12.8. The molecule has 5 rings (SSSR count). The first kappa shape index (κ1) is 14.9. The zero-order chi connectivity index (χ0) is 17.5. The predicted molar refractivity (Wildman–Crippen MR) is 100 cm³/mol. The van der Waals surface area contributed by atoms with Gasteiger partial charge < -0.3 is 14.6 Å². The molecule has 0 atom stereocenters. The number of aromatic nitrogens is 5. The highest BCUT2D eigenvalue weighted by Crippen LogP contribution is 2.32. The molecule has 0 saturated carbocycles. The summed E-state index contributed by atoms with van der Waals surface area (Å²) in [5.74, 6) is 1.75. The standard InChI is InChI=1S/C19H18N6O/c1-26-14-2-3-17-15(10-14)16(11-21-17)13-4-7-24(8-5-13)18-19-23-22-12-25(19)9-6-20-18/h2-4,6,9-12,21H,5,7-8H2,1H3. The van der Waals surface area contributed by atoms with Crippen LogP contribution in [0.5, 0.6) is 5.75 Å². The number of hydrogen-bond acceptors (Lipinski definition) is 5. The van der Waals surface area contributed by atoms with E-state index in [1.54, 1.807) is 19.6 Å². The average Bonchev–Trinajstić information content (AvgIpc) is 3.34. The Kier molecular flexibility index (Phi) is 3.38. The summed E-state index contributed by atoms with van der Waals surface area (Å²) in [4.78, 5) is 10.1. The minimum absolute atomic E-state index is 0.793. The van der Waals surface area contributed by atoms with Crippen molar-refractivity contribution in [3.8, 4) is 5.75 Å². The van der Waals surface area contributed by atoms with Gasteiger partial charge in [0.25, 0.3) is 0 Å². The minimum atomic E-state index is 0.793. The summed E-state index contributed by atoms with van der Waals surface area (Å²) in [6.07, 6.45) is 10.7. The Balaban J connectivity index is 1.48. The van der Waals surface area contributed by atoms with E-state index in [1.807, 2.05) is 16.7 Å². The number of nitrogens with zero attached hydrogens (tertiary/aromatic N) is 5. The van der Waals surface area contributed by atoms with Gasteiger partial charge in [-0.25, -0.2) is 4.98 Å². The third kappa shape index (κ3) is 2.32. The molecule has 0 fully saturated rings. The Morgan fingerprint density at radius 2 is 2.23 bits per heavy atom. The van der Waals surface area contributed by atoms with E-state index in [4.69, 9.17) is 4.74 Å². The van der Waals surface area contributed by atoms with E-state index in [9.17, 15) is 0 Å². The molecular formula is C19H18N6O. The summed E-state index contributed by atoms with van der Waals surface area (Å²) in [7, 11) is 1.70. The van der Waals surface area contributed by atoms with Gasteiger partial charge in [-0.3, -0.25) is 4.40 Å². The van der Waals surface area contributed by atoms with Gasteiger partial charge in [0, 0.05) is 48.1 Å². The molecule has 130 valence electrons. The van der Waals surface area contributed by atoms with E-state index in [0.29, 0.717) is 0 Å². The molecule has 3 aromatic heterocycles. The molecule has 4 heterocycles. The molecule has 0 aliphatic carbocycles. The van der Waals surface area contributed by atoms with Crippen molar-refractivity contribution in [1.82, 2.24) is 24.6 Å². The van der Waals surface area contributed by atoms with Gasteiger partial charge in [0.1, 0.15) is 12.1 Å². The van der Waals surface area contributed by atoms with E-state index < -0.39 is 0 Å². The van der Waals surface area contributed by atoms with Crippen molar-refractivity contribution in [3.63, 3.8) is 0 Å². The molecule has 4 aromatic rings. The number of anilines is 1. The van der Waals surface area contributed by atoms with Crippen LogP contribution >= 0.6 is 0 Å². The van der Waals surface area contributed by atoms with Crippen molar-refractivity contribution < 1.29 is 4.74 Å². The first-order valence-corrected chi connectivity index (χ1v) is 8.57. The molecule has 0 saturated heterocycles.